The molecule has 0 N–H and O–H groups in total. The quantitative estimate of drug-likeness (QED) is 0.620. The van der Waals surface area contributed by atoms with E-state index in [0.29, 0.717) is 5.56 Å². The van der Waals surface area contributed by atoms with Crippen LogP contribution in [0, 0.1) is 12.7 Å². The van der Waals surface area contributed by atoms with Gasteiger partial charge in [0.25, 0.3) is 0 Å². The molecule has 2 aromatic rings. The third-order valence-electron chi connectivity index (χ3n) is 2.81. The fourth-order valence-corrected chi connectivity index (χ4v) is 1.71. The summed E-state index contributed by atoms with van der Waals surface area (Å²) in [6.45, 7) is 1.49. The van der Waals surface area contributed by atoms with Crippen molar-refractivity contribution in [3.05, 3.63) is 64.7 Å². The molecule has 104 valence electrons. The monoisotopic (exact) mass is 283 g/mol. The molecule has 0 radical (unpaired) electrons. The number of halogens is 4. The smallest absolute Gasteiger partial charge is 0.289 e. The van der Waals surface area contributed by atoms with E-state index in [1.165, 1.54) is 19.1 Å². The molecule has 1 aromatic carbocycles. The number of nitrogens with zero attached hydrogens (tertiary/aromatic N) is 1. The largest absolute Gasteiger partial charge is 0.417 e. The lowest BCUT2D eigenvalue weighted by atomic mass is 9.99. The minimum absolute atomic E-state index is 0.147. The summed E-state index contributed by atoms with van der Waals surface area (Å²) >= 11 is 0. The van der Waals surface area contributed by atoms with E-state index in [1.807, 2.05) is 0 Å². The van der Waals surface area contributed by atoms with Crippen molar-refractivity contribution in [3.8, 4) is 0 Å². The van der Waals surface area contributed by atoms with Crippen molar-refractivity contribution in [2.75, 3.05) is 0 Å². The van der Waals surface area contributed by atoms with Crippen LogP contribution >= 0.6 is 0 Å². The van der Waals surface area contributed by atoms with Crippen molar-refractivity contribution in [2.24, 2.45) is 0 Å². The number of aryl methyl sites for hydroxylation is 1. The molecule has 0 atom stereocenters. The second-order valence-corrected chi connectivity index (χ2v) is 4.21. The molecule has 1 aromatic heterocycles. The first-order valence-electron chi connectivity index (χ1n) is 5.63. The first-order valence-corrected chi connectivity index (χ1v) is 5.63. The fourth-order valence-electron chi connectivity index (χ4n) is 1.71. The predicted molar refractivity (Wildman–Crippen MR) is 63.8 cm³/mol. The zero-order valence-electron chi connectivity index (χ0n) is 10.3. The minimum Gasteiger partial charge on any atom is -0.289 e. The van der Waals surface area contributed by atoms with Crippen molar-refractivity contribution in [3.63, 3.8) is 0 Å². The number of carbonyl (C=O) groups is 1. The SMILES string of the molecule is Cc1ccc(C(=O)c2cnccc2C(F)(F)F)cc1F. The van der Waals surface area contributed by atoms with Crippen molar-refractivity contribution < 1.29 is 22.4 Å². The fraction of sp³-hybridized carbons (Fsp3) is 0.143. The number of hydrogen-bond acceptors (Lipinski definition) is 2. The second-order valence-electron chi connectivity index (χ2n) is 4.21. The Hall–Kier alpha value is -2.24. The maximum Gasteiger partial charge on any atom is 0.417 e. The Kier molecular flexibility index (Phi) is 3.57. The van der Waals surface area contributed by atoms with Crippen LogP contribution in [-0.2, 0) is 6.18 Å². The first kappa shape index (κ1) is 14.2. The van der Waals surface area contributed by atoms with Crippen LogP contribution in [0.1, 0.15) is 27.0 Å². The van der Waals surface area contributed by atoms with Crippen LogP contribution in [0.5, 0.6) is 0 Å². The van der Waals surface area contributed by atoms with Gasteiger partial charge >= 0.3 is 6.18 Å². The van der Waals surface area contributed by atoms with Gasteiger partial charge in [-0.3, -0.25) is 9.78 Å². The molecule has 0 unspecified atom stereocenters. The van der Waals surface area contributed by atoms with Crippen LogP contribution in [0.25, 0.3) is 0 Å². The van der Waals surface area contributed by atoms with Gasteiger partial charge in [-0.25, -0.2) is 4.39 Å². The van der Waals surface area contributed by atoms with Crippen molar-refractivity contribution in [1.82, 2.24) is 4.98 Å². The van der Waals surface area contributed by atoms with Crippen LogP contribution in [0.4, 0.5) is 17.6 Å². The maximum atomic E-state index is 13.4. The van der Waals surface area contributed by atoms with Gasteiger partial charge in [-0.1, -0.05) is 12.1 Å². The molecular formula is C14H9F4NO. The number of pyridine rings is 1. The normalized spacial score (nSPS) is 11.4. The Morgan fingerprint density at radius 1 is 1.20 bits per heavy atom. The summed E-state index contributed by atoms with van der Waals surface area (Å²) in [5.74, 6) is -1.56. The molecule has 0 aliphatic rings. The number of ketones is 1. The molecular weight excluding hydrogens is 274 g/mol. The van der Waals surface area contributed by atoms with Crippen molar-refractivity contribution in [2.45, 2.75) is 13.1 Å². The Morgan fingerprint density at radius 2 is 1.90 bits per heavy atom. The number of hydrogen-bond donors (Lipinski definition) is 0. The van der Waals surface area contributed by atoms with Crippen LogP contribution < -0.4 is 0 Å². The van der Waals surface area contributed by atoms with Gasteiger partial charge in [0.15, 0.2) is 5.78 Å². The van der Waals surface area contributed by atoms with Gasteiger partial charge in [0.2, 0.25) is 0 Å². The highest BCUT2D eigenvalue weighted by Crippen LogP contribution is 2.32. The number of rotatable bonds is 2. The maximum absolute atomic E-state index is 13.4. The van der Waals surface area contributed by atoms with Crippen molar-refractivity contribution >= 4 is 5.78 Å². The van der Waals surface area contributed by atoms with E-state index in [0.717, 1.165) is 24.5 Å². The van der Waals surface area contributed by atoms with E-state index in [1.54, 1.807) is 0 Å². The number of carbonyl (C=O) groups excluding carboxylic acids is 1. The molecule has 2 rings (SSSR count). The van der Waals surface area contributed by atoms with Crippen LogP contribution in [-0.4, -0.2) is 10.8 Å². The van der Waals surface area contributed by atoms with Gasteiger partial charge in [-0.2, -0.15) is 13.2 Å². The molecule has 6 heteroatoms. The molecule has 0 saturated heterocycles. The molecule has 1 heterocycles. The first-order chi connectivity index (χ1) is 9.30. The van der Waals surface area contributed by atoms with E-state index in [9.17, 15) is 22.4 Å². The average Bonchev–Trinajstić information content (AvgIpc) is 2.40. The molecule has 0 spiro atoms. The minimum atomic E-state index is -4.67. The lowest BCUT2D eigenvalue weighted by Crippen LogP contribution is -2.14. The van der Waals surface area contributed by atoms with Gasteiger partial charge in [0.05, 0.1) is 11.1 Å². The molecule has 0 bridgehead atoms. The Labute approximate surface area is 112 Å². The predicted octanol–water partition coefficient (Wildman–Crippen LogP) is 3.78. The van der Waals surface area contributed by atoms with E-state index in [2.05, 4.69) is 4.98 Å². The van der Waals surface area contributed by atoms with Gasteiger partial charge in [0, 0.05) is 18.0 Å². The summed E-state index contributed by atoms with van der Waals surface area (Å²) in [6.07, 6.45) is -2.88. The van der Waals surface area contributed by atoms with Gasteiger partial charge < -0.3 is 0 Å². The molecule has 2 nitrogen and oxygen atoms in total. The van der Waals surface area contributed by atoms with Crippen molar-refractivity contribution in [1.29, 1.82) is 0 Å². The Balaban J connectivity index is 2.51. The van der Waals surface area contributed by atoms with Crippen LogP contribution in [0.3, 0.4) is 0 Å². The second kappa shape index (κ2) is 5.03. The summed E-state index contributed by atoms with van der Waals surface area (Å²) in [5, 5.41) is 0. The highest BCUT2D eigenvalue weighted by atomic mass is 19.4. The van der Waals surface area contributed by atoms with E-state index < -0.39 is 28.9 Å². The molecule has 20 heavy (non-hydrogen) atoms. The number of aromatic nitrogens is 1. The topological polar surface area (TPSA) is 30.0 Å². The summed E-state index contributed by atoms with van der Waals surface area (Å²) in [4.78, 5) is 15.6. The lowest BCUT2D eigenvalue weighted by Gasteiger charge is -2.11. The Morgan fingerprint density at radius 3 is 2.50 bits per heavy atom. The average molecular weight is 283 g/mol. The third-order valence-corrected chi connectivity index (χ3v) is 2.81. The zero-order chi connectivity index (χ0) is 14.9. The standard InChI is InChI=1S/C14H9F4NO/c1-8-2-3-9(6-12(8)15)13(20)10-7-19-5-4-11(10)14(16,17)18/h2-7H,1H3. The lowest BCUT2D eigenvalue weighted by molar-refractivity contribution is -0.137. The molecule has 0 fully saturated rings. The summed E-state index contributed by atoms with van der Waals surface area (Å²) in [7, 11) is 0. The molecule has 0 aliphatic carbocycles. The highest BCUT2D eigenvalue weighted by Gasteiger charge is 2.35. The van der Waals surface area contributed by atoms with Crippen LogP contribution in [0.2, 0.25) is 0 Å². The van der Waals surface area contributed by atoms with Crippen LogP contribution in [0.15, 0.2) is 36.7 Å². The Bertz CT molecular complexity index is 664. The third kappa shape index (κ3) is 2.68. The zero-order valence-corrected chi connectivity index (χ0v) is 10.3. The van der Waals surface area contributed by atoms with Gasteiger partial charge in [-0.15, -0.1) is 0 Å². The molecule has 0 amide bonds. The highest BCUT2D eigenvalue weighted by molar-refractivity contribution is 6.09. The van der Waals surface area contributed by atoms with E-state index >= 15 is 0 Å². The van der Waals surface area contributed by atoms with Gasteiger partial charge in [-0.05, 0) is 24.6 Å². The number of alkyl halides is 3. The molecule has 0 aliphatic heterocycles. The summed E-state index contributed by atoms with van der Waals surface area (Å²) in [5.41, 5.74) is -1.52. The number of benzene rings is 1. The van der Waals surface area contributed by atoms with E-state index in [-0.39, 0.29) is 5.56 Å². The van der Waals surface area contributed by atoms with E-state index in [4.69, 9.17) is 0 Å². The summed E-state index contributed by atoms with van der Waals surface area (Å²) in [6, 6.07) is 4.27. The summed E-state index contributed by atoms with van der Waals surface area (Å²) < 4.78 is 51.8. The molecule has 0 saturated carbocycles. The van der Waals surface area contributed by atoms with Gasteiger partial charge in [0.1, 0.15) is 5.82 Å².